The lowest BCUT2D eigenvalue weighted by Gasteiger charge is -2.14. The molecule has 1 aromatic rings. The number of carbonyl (C=O) groups is 1. The minimum absolute atomic E-state index is 0.0859. The van der Waals surface area contributed by atoms with Crippen molar-refractivity contribution in [2.24, 2.45) is 0 Å². The summed E-state index contributed by atoms with van der Waals surface area (Å²) in [5, 5.41) is 11.7. The van der Waals surface area contributed by atoms with Gasteiger partial charge in [-0.1, -0.05) is 0 Å². The number of carboxylic acids is 1. The zero-order chi connectivity index (χ0) is 12.7. The molecule has 6 nitrogen and oxygen atoms in total. The van der Waals surface area contributed by atoms with Gasteiger partial charge in [-0.3, -0.25) is 0 Å². The maximum Gasteiger partial charge on any atom is 0.328 e. The van der Waals surface area contributed by atoms with Crippen molar-refractivity contribution in [1.29, 1.82) is 0 Å². The summed E-state index contributed by atoms with van der Waals surface area (Å²) in [6, 6.07) is 2.60. The average Bonchev–Trinajstić information content (AvgIpc) is 2.31. The minimum atomic E-state index is -0.972. The number of nitrogens with one attached hydrogen (secondary N) is 1. The molecule has 17 heavy (non-hydrogen) atoms. The first-order chi connectivity index (χ1) is 8.17. The second-order valence-corrected chi connectivity index (χ2v) is 3.31. The zero-order valence-corrected chi connectivity index (χ0v) is 9.84. The lowest BCUT2D eigenvalue weighted by molar-refractivity contribution is -0.139. The highest BCUT2D eigenvalue weighted by Crippen LogP contribution is 2.12. The molecule has 6 heteroatoms. The van der Waals surface area contributed by atoms with Gasteiger partial charge in [0.15, 0.2) is 0 Å². The molecular weight excluding hydrogens is 224 g/mol. The quantitative estimate of drug-likeness (QED) is 0.739. The number of ether oxygens (including phenoxy) is 2. The molecular formula is C11H16N2O4. The summed E-state index contributed by atoms with van der Waals surface area (Å²) in [6.45, 7) is 2.50. The van der Waals surface area contributed by atoms with Crippen LogP contribution in [0.4, 0.5) is 5.69 Å². The molecule has 0 aliphatic carbocycles. The van der Waals surface area contributed by atoms with Crippen molar-refractivity contribution in [2.75, 3.05) is 25.6 Å². The molecule has 2 N–H and O–H groups in total. The maximum atomic E-state index is 10.9. The highest BCUT2D eigenvalue weighted by molar-refractivity contribution is 5.77. The minimum Gasteiger partial charge on any atom is -0.480 e. The Kier molecular flexibility index (Phi) is 5.22. The van der Waals surface area contributed by atoms with E-state index in [0.717, 1.165) is 0 Å². The number of aliphatic carboxylic acids is 1. The van der Waals surface area contributed by atoms with Crippen LogP contribution in [-0.4, -0.2) is 42.4 Å². The Labute approximate surface area is 99.6 Å². The molecule has 1 rings (SSSR count). The smallest absolute Gasteiger partial charge is 0.328 e. The van der Waals surface area contributed by atoms with Gasteiger partial charge >= 0.3 is 5.97 Å². The SMILES string of the molecule is CCOc1ccc(NC(COC)C(=O)O)cn1. The van der Waals surface area contributed by atoms with Crippen molar-refractivity contribution in [1.82, 2.24) is 4.98 Å². The van der Waals surface area contributed by atoms with Crippen molar-refractivity contribution >= 4 is 11.7 Å². The standard InChI is InChI=1S/C11H16N2O4/c1-3-17-10-5-4-8(6-12-10)13-9(7-16-2)11(14)15/h4-6,9,13H,3,7H2,1-2H3,(H,14,15). The first-order valence-corrected chi connectivity index (χ1v) is 5.24. The monoisotopic (exact) mass is 240 g/mol. The van der Waals surface area contributed by atoms with Crippen molar-refractivity contribution in [3.63, 3.8) is 0 Å². The number of pyridine rings is 1. The van der Waals surface area contributed by atoms with Gasteiger partial charge in [0.1, 0.15) is 6.04 Å². The van der Waals surface area contributed by atoms with E-state index in [4.69, 9.17) is 14.6 Å². The molecule has 0 spiro atoms. The van der Waals surface area contributed by atoms with Gasteiger partial charge in [-0.15, -0.1) is 0 Å². The van der Waals surface area contributed by atoms with Gasteiger partial charge in [-0.25, -0.2) is 9.78 Å². The molecule has 0 aromatic carbocycles. The van der Waals surface area contributed by atoms with Gasteiger partial charge in [-0.05, 0) is 13.0 Å². The number of rotatable bonds is 7. The third-order valence-electron chi connectivity index (χ3n) is 2.00. The fourth-order valence-electron chi connectivity index (χ4n) is 1.24. The Bertz CT molecular complexity index is 353. The van der Waals surface area contributed by atoms with Gasteiger partial charge in [-0.2, -0.15) is 0 Å². The maximum absolute atomic E-state index is 10.9. The van der Waals surface area contributed by atoms with E-state index in [1.54, 1.807) is 12.1 Å². The number of methoxy groups -OCH3 is 1. The molecule has 0 bridgehead atoms. The molecule has 0 aliphatic heterocycles. The Morgan fingerprint density at radius 1 is 1.59 bits per heavy atom. The van der Waals surface area contributed by atoms with Crippen LogP contribution < -0.4 is 10.1 Å². The normalized spacial score (nSPS) is 11.9. The summed E-state index contributed by atoms with van der Waals surface area (Å²) >= 11 is 0. The molecule has 1 atom stereocenters. The second-order valence-electron chi connectivity index (χ2n) is 3.31. The molecule has 94 valence electrons. The van der Waals surface area contributed by atoms with E-state index in [9.17, 15) is 4.79 Å². The summed E-state index contributed by atoms with van der Waals surface area (Å²) in [5.41, 5.74) is 0.609. The number of hydrogen-bond donors (Lipinski definition) is 2. The largest absolute Gasteiger partial charge is 0.480 e. The number of carboxylic acid groups (broad SMARTS) is 1. The Balaban J connectivity index is 2.63. The fourth-order valence-corrected chi connectivity index (χ4v) is 1.24. The predicted octanol–water partition coefficient (Wildman–Crippen LogP) is 0.992. The number of aromatic nitrogens is 1. The van der Waals surface area contributed by atoms with Crippen molar-refractivity contribution in [3.05, 3.63) is 18.3 Å². The van der Waals surface area contributed by atoms with Gasteiger partial charge in [0.25, 0.3) is 0 Å². The summed E-state index contributed by atoms with van der Waals surface area (Å²) in [7, 11) is 1.45. The Hall–Kier alpha value is -1.82. The molecule has 0 saturated heterocycles. The lowest BCUT2D eigenvalue weighted by Crippen LogP contribution is -2.33. The first kappa shape index (κ1) is 13.2. The highest BCUT2D eigenvalue weighted by atomic mass is 16.5. The summed E-state index contributed by atoms with van der Waals surface area (Å²) < 4.78 is 9.99. The summed E-state index contributed by atoms with van der Waals surface area (Å²) in [5.74, 6) is -0.461. The van der Waals surface area contributed by atoms with Gasteiger partial charge in [0, 0.05) is 13.2 Å². The molecule has 0 saturated carbocycles. The average molecular weight is 240 g/mol. The van der Waals surface area contributed by atoms with Gasteiger partial charge in [0.2, 0.25) is 5.88 Å². The topological polar surface area (TPSA) is 80.7 Å². The number of nitrogens with zero attached hydrogens (tertiary/aromatic N) is 1. The second kappa shape index (κ2) is 6.70. The molecule has 0 aliphatic rings. The molecule has 0 radical (unpaired) electrons. The molecule has 0 amide bonds. The fraction of sp³-hybridized carbons (Fsp3) is 0.455. The van der Waals surface area contributed by atoms with E-state index < -0.39 is 12.0 Å². The Morgan fingerprint density at radius 3 is 2.82 bits per heavy atom. The van der Waals surface area contributed by atoms with Crippen LogP contribution in [0.5, 0.6) is 5.88 Å². The number of anilines is 1. The molecule has 1 heterocycles. The molecule has 1 aromatic heterocycles. The van der Waals surface area contributed by atoms with E-state index in [1.165, 1.54) is 13.3 Å². The van der Waals surface area contributed by atoms with E-state index >= 15 is 0 Å². The van der Waals surface area contributed by atoms with Crippen LogP contribution in [0.15, 0.2) is 18.3 Å². The van der Waals surface area contributed by atoms with Crippen molar-refractivity contribution in [3.8, 4) is 5.88 Å². The third kappa shape index (κ3) is 4.28. The lowest BCUT2D eigenvalue weighted by atomic mass is 10.3. The van der Waals surface area contributed by atoms with Crippen molar-refractivity contribution < 1.29 is 19.4 Å². The van der Waals surface area contributed by atoms with Crippen molar-refractivity contribution in [2.45, 2.75) is 13.0 Å². The van der Waals surface area contributed by atoms with E-state index in [-0.39, 0.29) is 6.61 Å². The van der Waals surface area contributed by atoms with Crippen LogP contribution in [-0.2, 0) is 9.53 Å². The van der Waals surface area contributed by atoms with Gasteiger partial charge in [0.05, 0.1) is 25.1 Å². The highest BCUT2D eigenvalue weighted by Gasteiger charge is 2.16. The Morgan fingerprint density at radius 2 is 2.35 bits per heavy atom. The third-order valence-corrected chi connectivity index (χ3v) is 2.00. The van der Waals surface area contributed by atoms with Crippen LogP contribution in [0.2, 0.25) is 0 Å². The summed E-state index contributed by atoms with van der Waals surface area (Å²) in [4.78, 5) is 14.9. The predicted molar refractivity (Wildman–Crippen MR) is 62.3 cm³/mol. The first-order valence-electron chi connectivity index (χ1n) is 5.24. The molecule has 0 fully saturated rings. The van der Waals surface area contributed by atoms with Gasteiger partial charge < -0.3 is 19.9 Å². The number of hydrogen-bond acceptors (Lipinski definition) is 5. The van der Waals surface area contributed by atoms with Crippen LogP contribution in [0.3, 0.4) is 0 Å². The van der Waals surface area contributed by atoms with E-state index in [2.05, 4.69) is 10.3 Å². The van der Waals surface area contributed by atoms with E-state index in [0.29, 0.717) is 18.2 Å². The zero-order valence-electron chi connectivity index (χ0n) is 9.84. The van der Waals surface area contributed by atoms with E-state index in [1.807, 2.05) is 6.92 Å². The molecule has 1 unspecified atom stereocenters. The van der Waals surface area contributed by atoms with Crippen LogP contribution in [0.1, 0.15) is 6.92 Å². The summed E-state index contributed by atoms with van der Waals surface area (Å²) in [6.07, 6.45) is 1.52. The van der Waals surface area contributed by atoms with Crippen LogP contribution in [0, 0.1) is 0 Å². The van der Waals surface area contributed by atoms with Crippen LogP contribution >= 0.6 is 0 Å². The van der Waals surface area contributed by atoms with Crippen LogP contribution in [0.25, 0.3) is 0 Å².